The van der Waals surface area contributed by atoms with Gasteiger partial charge in [0.2, 0.25) is 0 Å². The fourth-order valence-corrected chi connectivity index (χ4v) is 1.75. The number of rotatable bonds is 7. The fraction of sp³-hybridized carbons (Fsp3) is 0.312. The van der Waals surface area contributed by atoms with Crippen molar-refractivity contribution in [2.75, 3.05) is 19.0 Å². The van der Waals surface area contributed by atoms with Crippen LogP contribution in [0, 0.1) is 0 Å². The maximum absolute atomic E-state index is 5.74. The summed E-state index contributed by atoms with van der Waals surface area (Å²) in [5.41, 5.74) is 1.09. The first-order chi connectivity index (χ1) is 9.81. The number of nitrogens with zero attached hydrogens (tertiary/aromatic N) is 1. The van der Waals surface area contributed by atoms with E-state index in [4.69, 9.17) is 9.47 Å². The van der Waals surface area contributed by atoms with E-state index in [0.29, 0.717) is 6.61 Å². The maximum atomic E-state index is 5.74. The number of anilines is 1. The Bertz CT molecular complexity index is 526. The average Bonchev–Trinajstić information content (AvgIpc) is 2.52. The minimum atomic E-state index is 0.523. The lowest BCUT2D eigenvalue weighted by molar-refractivity contribution is 0.305. The molecular formula is C16H20N2O2. The minimum absolute atomic E-state index is 0.523. The van der Waals surface area contributed by atoms with Crippen LogP contribution < -0.4 is 14.8 Å². The number of pyridine rings is 1. The minimum Gasteiger partial charge on any atom is -0.497 e. The smallest absolute Gasteiger partial charge is 0.126 e. The normalized spacial score (nSPS) is 10.1. The van der Waals surface area contributed by atoms with Crippen LogP contribution >= 0.6 is 0 Å². The van der Waals surface area contributed by atoms with E-state index < -0.39 is 0 Å². The SMILES string of the molecule is CCCNc1cc(COc2ccc(OC)cc2)ccn1. The predicted octanol–water partition coefficient (Wildman–Crippen LogP) is 3.49. The van der Waals surface area contributed by atoms with Crippen molar-refractivity contribution in [3.05, 3.63) is 48.2 Å². The lowest BCUT2D eigenvalue weighted by Gasteiger charge is -2.09. The molecule has 106 valence electrons. The number of hydrogen-bond donors (Lipinski definition) is 1. The Morgan fingerprint density at radius 3 is 2.55 bits per heavy atom. The van der Waals surface area contributed by atoms with E-state index in [1.54, 1.807) is 13.3 Å². The van der Waals surface area contributed by atoms with Crippen molar-refractivity contribution in [2.24, 2.45) is 0 Å². The Labute approximate surface area is 119 Å². The third-order valence-electron chi connectivity index (χ3n) is 2.85. The van der Waals surface area contributed by atoms with Crippen LogP contribution in [0.1, 0.15) is 18.9 Å². The zero-order chi connectivity index (χ0) is 14.2. The summed E-state index contributed by atoms with van der Waals surface area (Å²) in [6.45, 7) is 3.58. The topological polar surface area (TPSA) is 43.4 Å². The zero-order valence-electron chi connectivity index (χ0n) is 11.9. The van der Waals surface area contributed by atoms with Gasteiger partial charge in [0, 0.05) is 12.7 Å². The molecular weight excluding hydrogens is 252 g/mol. The van der Waals surface area contributed by atoms with Crippen LogP contribution in [-0.2, 0) is 6.61 Å². The van der Waals surface area contributed by atoms with Crippen LogP contribution in [0.3, 0.4) is 0 Å². The van der Waals surface area contributed by atoms with Gasteiger partial charge in [0.25, 0.3) is 0 Å². The lowest BCUT2D eigenvalue weighted by Crippen LogP contribution is -2.03. The van der Waals surface area contributed by atoms with Gasteiger partial charge in [-0.15, -0.1) is 0 Å². The molecule has 20 heavy (non-hydrogen) atoms. The van der Waals surface area contributed by atoms with Crippen LogP contribution in [0.15, 0.2) is 42.6 Å². The van der Waals surface area contributed by atoms with Gasteiger partial charge in [-0.25, -0.2) is 4.98 Å². The van der Waals surface area contributed by atoms with E-state index in [0.717, 1.165) is 35.8 Å². The highest BCUT2D eigenvalue weighted by Gasteiger charge is 1.99. The summed E-state index contributed by atoms with van der Waals surface area (Å²) in [7, 11) is 1.65. The maximum Gasteiger partial charge on any atom is 0.126 e. The van der Waals surface area contributed by atoms with Gasteiger partial charge >= 0.3 is 0 Å². The van der Waals surface area contributed by atoms with E-state index in [2.05, 4.69) is 17.2 Å². The van der Waals surface area contributed by atoms with Crippen LogP contribution in [-0.4, -0.2) is 18.6 Å². The highest BCUT2D eigenvalue weighted by atomic mass is 16.5. The molecule has 1 N–H and O–H groups in total. The summed E-state index contributed by atoms with van der Waals surface area (Å²) >= 11 is 0. The van der Waals surface area contributed by atoms with Crippen LogP contribution in [0.5, 0.6) is 11.5 Å². The van der Waals surface area contributed by atoms with E-state index in [-0.39, 0.29) is 0 Å². The van der Waals surface area contributed by atoms with Crippen molar-refractivity contribution in [3.8, 4) is 11.5 Å². The van der Waals surface area contributed by atoms with E-state index in [1.807, 2.05) is 36.4 Å². The molecule has 1 heterocycles. The Hall–Kier alpha value is -2.23. The van der Waals surface area contributed by atoms with Crippen molar-refractivity contribution in [1.82, 2.24) is 4.98 Å². The molecule has 0 aliphatic rings. The molecule has 2 aromatic rings. The van der Waals surface area contributed by atoms with Crippen molar-refractivity contribution in [3.63, 3.8) is 0 Å². The van der Waals surface area contributed by atoms with Crippen molar-refractivity contribution in [2.45, 2.75) is 20.0 Å². The standard InChI is InChI=1S/C16H20N2O2/c1-3-9-17-16-11-13(8-10-18-16)12-20-15-6-4-14(19-2)5-7-15/h4-8,10-11H,3,9,12H2,1-2H3,(H,17,18). The van der Waals surface area contributed by atoms with Crippen molar-refractivity contribution >= 4 is 5.82 Å². The van der Waals surface area contributed by atoms with E-state index >= 15 is 0 Å². The highest BCUT2D eigenvalue weighted by molar-refractivity contribution is 5.37. The number of aromatic nitrogens is 1. The first kappa shape index (κ1) is 14.2. The number of methoxy groups -OCH3 is 1. The van der Waals surface area contributed by atoms with Gasteiger partial charge < -0.3 is 14.8 Å². The number of ether oxygens (including phenoxy) is 2. The second kappa shape index (κ2) is 7.38. The summed E-state index contributed by atoms with van der Waals surface area (Å²) in [5, 5.41) is 3.26. The van der Waals surface area contributed by atoms with Gasteiger partial charge in [-0.1, -0.05) is 6.92 Å². The Morgan fingerprint density at radius 2 is 1.85 bits per heavy atom. The molecule has 0 bridgehead atoms. The Morgan fingerprint density at radius 1 is 1.10 bits per heavy atom. The number of hydrogen-bond acceptors (Lipinski definition) is 4. The fourth-order valence-electron chi connectivity index (χ4n) is 1.75. The van der Waals surface area contributed by atoms with Crippen molar-refractivity contribution < 1.29 is 9.47 Å². The molecule has 0 spiro atoms. The second-order valence-electron chi connectivity index (χ2n) is 4.44. The zero-order valence-corrected chi connectivity index (χ0v) is 11.9. The molecule has 0 saturated carbocycles. The molecule has 1 aromatic heterocycles. The van der Waals surface area contributed by atoms with Gasteiger partial charge in [0.1, 0.15) is 23.9 Å². The molecule has 0 aliphatic heterocycles. The number of nitrogens with one attached hydrogen (secondary N) is 1. The van der Waals surface area contributed by atoms with Gasteiger partial charge in [-0.2, -0.15) is 0 Å². The van der Waals surface area contributed by atoms with E-state index in [1.165, 1.54) is 0 Å². The quantitative estimate of drug-likeness (QED) is 0.838. The Kier molecular flexibility index (Phi) is 5.24. The first-order valence-electron chi connectivity index (χ1n) is 6.77. The molecule has 4 nitrogen and oxygen atoms in total. The van der Waals surface area contributed by atoms with Crippen molar-refractivity contribution in [1.29, 1.82) is 0 Å². The molecule has 0 unspecified atom stereocenters. The van der Waals surface area contributed by atoms with Crippen LogP contribution in [0.25, 0.3) is 0 Å². The predicted molar refractivity (Wildman–Crippen MR) is 80.3 cm³/mol. The highest BCUT2D eigenvalue weighted by Crippen LogP contribution is 2.18. The van der Waals surface area contributed by atoms with Gasteiger partial charge in [0.15, 0.2) is 0 Å². The molecule has 0 fully saturated rings. The summed E-state index contributed by atoms with van der Waals surface area (Å²) in [6.07, 6.45) is 2.87. The summed E-state index contributed by atoms with van der Waals surface area (Å²) in [6, 6.07) is 11.5. The molecule has 0 aliphatic carbocycles. The second-order valence-corrected chi connectivity index (χ2v) is 4.44. The monoisotopic (exact) mass is 272 g/mol. The molecule has 0 atom stereocenters. The molecule has 0 radical (unpaired) electrons. The third kappa shape index (κ3) is 4.16. The first-order valence-corrected chi connectivity index (χ1v) is 6.77. The molecule has 0 amide bonds. The Balaban J connectivity index is 1.92. The molecule has 2 rings (SSSR count). The lowest BCUT2D eigenvalue weighted by atomic mass is 10.2. The van der Waals surface area contributed by atoms with E-state index in [9.17, 15) is 0 Å². The third-order valence-corrected chi connectivity index (χ3v) is 2.85. The summed E-state index contributed by atoms with van der Waals surface area (Å²) in [4.78, 5) is 4.27. The van der Waals surface area contributed by atoms with Gasteiger partial charge in [-0.3, -0.25) is 0 Å². The summed E-state index contributed by atoms with van der Waals surface area (Å²) < 4.78 is 10.9. The van der Waals surface area contributed by atoms with Crippen LogP contribution in [0.2, 0.25) is 0 Å². The number of benzene rings is 1. The molecule has 0 saturated heterocycles. The largest absolute Gasteiger partial charge is 0.497 e. The molecule has 4 heteroatoms. The summed E-state index contributed by atoms with van der Waals surface area (Å²) in [5.74, 6) is 2.54. The molecule has 1 aromatic carbocycles. The average molecular weight is 272 g/mol. The van der Waals surface area contributed by atoms with Gasteiger partial charge in [0.05, 0.1) is 7.11 Å². The van der Waals surface area contributed by atoms with Crippen LogP contribution in [0.4, 0.5) is 5.82 Å². The van der Waals surface area contributed by atoms with Gasteiger partial charge in [-0.05, 0) is 48.4 Å².